The molecule has 0 aromatic carbocycles. The minimum atomic E-state index is -1.83. The van der Waals surface area contributed by atoms with E-state index < -0.39 is 39.9 Å². The summed E-state index contributed by atoms with van der Waals surface area (Å²) in [5, 5.41) is 27.6. The number of aliphatic hydroxyl groups is 2. The lowest BCUT2D eigenvalue weighted by molar-refractivity contribution is -0.225. The molecule has 4 aliphatic carbocycles. The van der Waals surface area contributed by atoms with Crippen molar-refractivity contribution in [3.8, 4) is 0 Å². The van der Waals surface area contributed by atoms with Gasteiger partial charge in [0.25, 0.3) is 0 Å². The summed E-state index contributed by atoms with van der Waals surface area (Å²) in [6.45, 7) is 5.67. The number of aromatic nitrogens is 2. The molecule has 0 spiro atoms. The summed E-state index contributed by atoms with van der Waals surface area (Å²) in [6, 6.07) is 0. The lowest BCUT2D eigenvalue weighted by Crippen LogP contribution is -2.70. The fourth-order valence-electron chi connectivity index (χ4n) is 8.22. The number of Topliss-reactive ketones (excluding diaryl/α,β-unsaturated/α-hetero) is 1. The number of alkyl halides is 2. The Morgan fingerprint density at radius 2 is 2.10 bits per heavy atom. The molecule has 1 heterocycles. The number of allylic oxidation sites excluding steroid dienone is 1. The molecule has 7 heteroatoms. The number of carbonyl (C=O) groups excluding carboxylic acids is 1. The van der Waals surface area contributed by atoms with Gasteiger partial charge in [-0.05, 0) is 55.6 Å². The molecule has 2 N–H and O–H groups in total. The molecule has 31 heavy (non-hydrogen) atoms. The minimum absolute atomic E-state index is 0.0525. The zero-order valence-electron chi connectivity index (χ0n) is 18.7. The molecule has 0 bridgehead atoms. The van der Waals surface area contributed by atoms with Crippen molar-refractivity contribution in [3.05, 3.63) is 23.0 Å². The van der Waals surface area contributed by atoms with Gasteiger partial charge in [0.1, 0.15) is 11.3 Å². The Hall–Kier alpha value is -1.24. The summed E-state index contributed by atoms with van der Waals surface area (Å²) in [7, 11) is 1.87. The average molecular weight is 451 g/mol. The number of aliphatic hydroxyl groups excluding tert-OH is 1. The van der Waals surface area contributed by atoms with Gasteiger partial charge < -0.3 is 10.2 Å². The smallest absolute Gasteiger partial charge is 0.179 e. The van der Waals surface area contributed by atoms with Gasteiger partial charge in [-0.2, -0.15) is 5.10 Å². The highest BCUT2D eigenvalue weighted by molar-refractivity contribution is 6.29. The van der Waals surface area contributed by atoms with Crippen molar-refractivity contribution in [3.63, 3.8) is 0 Å². The maximum Gasteiger partial charge on any atom is 0.179 e. The Balaban J connectivity index is 1.62. The molecule has 5 rings (SSSR count). The summed E-state index contributed by atoms with van der Waals surface area (Å²) >= 11 is 5.88. The first-order valence-corrected chi connectivity index (χ1v) is 11.9. The molecule has 3 fully saturated rings. The highest BCUT2D eigenvalue weighted by atomic mass is 35.5. The van der Waals surface area contributed by atoms with Crippen LogP contribution in [0.15, 0.2) is 11.8 Å². The molecule has 0 amide bonds. The van der Waals surface area contributed by atoms with Crippen LogP contribution < -0.4 is 0 Å². The molecule has 8 atom stereocenters. The third kappa shape index (κ3) is 2.34. The van der Waals surface area contributed by atoms with Crippen LogP contribution in [0.3, 0.4) is 0 Å². The van der Waals surface area contributed by atoms with Gasteiger partial charge in [0.05, 0.1) is 17.7 Å². The van der Waals surface area contributed by atoms with Crippen molar-refractivity contribution in [1.82, 2.24) is 9.78 Å². The SMILES string of the molecule is C[C@H]1C[C@H]2[C@@H]3CCC4=Cc5nn(C)cc5C[C@]4(C)[C@@]3(F)[C@@H](O)C[C@]2(C)[C@@]1(O)C(=O)CCl. The summed E-state index contributed by atoms with van der Waals surface area (Å²) in [6.07, 6.45) is 5.12. The molecule has 1 aromatic heterocycles. The second-order valence-electron chi connectivity index (χ2n) is 11.0. The van der Waals surface area contributed by atoms with Crippen LogP contribution in [0.5, 0.6) is 0 Å². The van der Waals surface area contributed by atoms with Crippen LogP contribution in [0.2, 0.25) is 0 Å². The Bertz CT molecular complexity index is 993. The molecule has 0 radical (unpaired) electrons. The van der Waals surface area contributed by atoms with E-state index in [1.807, 2.05) is 40.1 Å². The molecular formula is C24H32ClFN2O3. The van der Waals surface area contributed by atoms with Crippen molar-refractivity contribution >= 4 is 23.5 Å². The second kappa shape index (κ2) is 6.42. The average Bonchev–Trinajstić information content (AvgIpc) is 3.15. The van der Waals surface area contributed by atoms with Crippen molar-refractivity contribution in [1.29, 1.82) is 0 Å². The van der Waals surface area contributed by atoms with E-state index >= 15 is 4.39 Å². The fraction of sp³-hybridized carbons (Fsp3) is 0.750. The highest BCUT2D eigenvalue weighted by Gasteiger charge is 2.75. The number of hydrogen-bond donors (Lipinski definition) is 2. The molecule has 5 nitrogen and oxygen atoms in total. The van der Waals surface area contributed by atoms with E-state index in [9.17, 15) is 15.0 Å². The van der Waals surface area contributed by atoms with Crippen molar-refractivity contribution in [2.45, 2.75) is 70.2 Å². The molecule has 170 valence electrons. The van der Waals surface area contributed by atoms with Crippen LogP contribution >= 0.6 is 11.6 Å². The van der Waals surface area contributed by atoms with E-state index in [0.29, 0.717) is 19.3 Å². The van der Waals surface area contributed by atoms with Gasteiger partial charge in [-0.25, -0.2) is 4.39 Å². The van der Waals surface area contributed by atoms with Crippen LogP contribution in [0, 0.1) is 28.6 Å². The van der Waals surface area contributed by atoms with E-state index in [2.05, 4.69) is 5.10 Å². The van der Waals surface area contributed by atoms with Gasteiger partial charge in [0.2, 0.25) is 0 Å². The van der Waals surface area contributed by atoms with Gasteiger partial charge in [0, 0.05) is 30.0 Å². The van der Waals surface area contributed by atoms with Gasteiger partial charge >= 0.3 is 0 Å². The number of hydrogen-bond acceptors (Lipinski definition) is 4. The third-order valence-electron chi connectivity index (χ3n) is 9.76. The Kier molecular flexibility index (Phi) is 4.47. The molecule has 0 unspecified atom stereocenters. The third-order valence-corrected chi connectivity index (χ3v) is 10.00. The number of fused-ring (bicyclic) bond motifs is 6. The van der Waals surface area contributed by atoms with Gasteiger partial charge in [-0.15, -0.1) is 11.6 Å². The lowest BCUT2D eigenvalue weighted by atomic mass is 9.43. The predicted octanol–water partition coefficient (Wildman–Crippen LogP) is 3.45. The van der Waals surface area contributed by atoms with Crippen LogP contribution in [-0.2, 0) is 18.3 Å². The zero-order valence-corrected chi connectivity index (χ0v) is 19.4. The van der Waals surface area contributed by atoms with Crippen LogP contribution in [0.25, 0.3) is 6.08 Å². The maximum absolute atomic E-state index is 17.4. The number of aryl methyl sites for hydroxylation is 1. The van der Waals surface area contributed by atoms with E-state index in [0.717, 1.165) is 23.3 Å². The summed E-state index contributed by atoms with van der Waals surface area (Å²) in [5.74, 6) is -1.64. The second-order valence-corrected chi connectivity index (χ2v) is 11.3. The Labute approximate surface area is 187 Å². The first kappa shape index (κ1) is 21.6. The monoisotopic (exact) mass is 450 g/mol. The lowest BCUT2D eigenvalue weighted by Gasteiger charge is -2.63. The first-order valence-electron chi connectivity index (χ1n) is 11.4. The quantitative estimate of drug-likeness (QED) is 0.677. The number of rotatable bonds is 2. The standard InChI is InChI=1S/C24H32ClFN2O3/c1-13-7-17-16-6-5-15-8-18-14(12-28(4)27-18)9-21(15,2)23(16,26)19(29)10-22(17,3)24(13,31)20(30)11-25/h8,12-13,16-17,19,29,31H,5-7,9-11H2,1-4H3/t13-,16-,17-,19-,21-,22-,23-,24-/m0/s1. The van der Waals surface area contributed by atoms with E-state index in [-0.39, 0.29) is 24.1 Å². The summed E-state index contributed by atoms with van der Waals surface area (Å²) in [5.41, 5.74) is -2.30. The molecule has 4 aliphatic rings. The molecule has 1 aromatic rings. The van der Waals surface area contributed by atoms with Crippen LogP contribution in [-0.4, -0.2) is 49.0 Å². The highest BCUT2D eigenvalue weighted by Crippen LogP contribution is 2.71. The van der Waals surface area contributed by atoms with Gasteiger partial charge in [0.15, 0.2) is 5.78 Å². The first-order chi connectivity index (χ1) is 14.4. The van der Waals surface area contributed by atoms with Crippen molar-refractivity contribution in [2.75, 3.05) is 5.88 Å². The van der Waals surface area contributed by atoms with Crippen molar-refractivity contribution in [2.24, 2.45) is 35.6 Å². The van der Waals surface area contributed by atoms with Crippen LogP contribution in [0.4, 0.5) is 4.39 Å². The fourth-order valence-corrected chi connectivity index (χ4v) is 8.42. The van der Waals surface area contributed by atoms with E-state index in [1.54, 1.807) is 4.68 Å². The normalized spacial score (nSPS) is 48.3. The predicted molar refractivity (Wildman–Crippen MR) is 116 cm³/mol. The number of ketones is 1. The Morgan fingerprint density at radius 1 is 1.39 bits per heavy atom. The molecule has 0 aliphatic heterocycles. The molecule has 3 saturated carbocycles. The Morgan fingerprint density at radius 3 is 2.77 bits per heavy atom. The van der Waals surface area contributed by atoms with E-state index in [4.69, 9.17) is 11.6 Å². The molecule has 0 saturated heterocycles. The van der Waals surface area contributed by atoms with Crippen LogP contribution in [0.1, 0.15) is 57.7 Å². The van der Waals surface area contributed by atoms with Crippen molar-refractivity contribution < 1.29 is 19.4 Å². The van der Waals surface area contributed by atoms with E-state index in [1.165, 1.54) is 0 Å². The minimum Gasteiger partial charge on any atom is -0.390 e. The molecular weight excluding hydrogens is 419 g/mol. The van der Waals surface area contributed by atoms with Gasteiger partial charge in [-0.1, -0.05) is 26.3 Å². The number of carbonyl (C=O) groups is 1. The largest absolute Gasteiger partial charge is 0.390 e. The number of halogens is 2. The number of nitrogens with zero attached hydrogens (tertiary/aromatic N) is 2. The zero-order chi connectivity index (χ0) is 22.6. The topological polar surface area (TPSA) is 75.3 Å². The van der Waals surface area contributed by atoms with Gasteiger partial charge in [-0.3, -0.25) is 9.48 Å². The summed E-state index contributed by atoms with van der Waals surface area (Å²) < 4.78 is 19.2. The maximum atomic E-state index is 17.4. The summed E-state index contributed by atoms with van der Waals surface area (Å²) in [4.78, 5) is 12.8.